The molecule has 10 heteroatoms. The maximum atomic E-state index is 13.5. The molecule has 2 fully saturated rings. The fourth-order valence-electron chi connectivity index (χ4n) is 5.50. The van der Waals surface area contributed by atoms with Gasteiger partial charge in [-0.2, -0.15) is 0 Å². The molecule has 3 heterocycles. The van der Waals surface area contributed by atoms with Crippen LogP contribution in [0.25, 0.3) is 0 Å². The number of hydrogen-bond acceptors (Lipinski definition) is 5. The van der Waals surface area contributed by atoms with E-state index in [0.29, 0.717) is 32.0 Å². The minimum absolute atomic E-state index is 0. The number of carbonyl (C=O) groups excluding carboxylic acids is 1. The summed E-state index contributed by atoms with van der Waals surface area (Å²) < 4.78 is 43.1. The Kier molecular flexibility index (Phi) is 10.5. The first-order valence-corrected chi connectivity index (χ1v) is 13.9. The van der Waals surface area contributed by atoms with Crippen LogP contribution in [0.3, 0.4) is 0 Å². The molecule has 1 N–H and O–H groups in total. The summed E-state index contributed by atoms with van der Waals surface area (Å²) in [7, 11) is 0. The molecule has 1 unspecified atom stereocenters. The standard InChI is InChI=1S/C28H36BrF3N4O2.CH4/c1-27(2,3)24-18-35(14-15-36(24)25(37)16-19-10-12-33-13-11-19)26(23-9-6-21(29)17-34-23)20-4-7-22(8-5-20)38-28(30,31)32;/h4-9,17,19,24,26,33H,10-16,18H2,1-3H3;1H4/t24-,26?;/m1./s1. The third kappa shape index (κ3) is 8.41. The van der Waals surface area contributed by atoms with E-state index in [1.807, 2.05) is 12.1 Å². The van der Waals surface area contributed by atoms with Gasteiger partial charge in [-0.1, -0.05) is 40.3 Å². The van der Waals surface area contributed by atoms with Gasteiger partial charge in [0.1, 0.15) is 5.75 Å². The summed E-state index contributed by atoms with van der Waals surface area (Å²) in [4.78, 5) is 22.5. The predicted molar refractivity (Wildman–Crippen MR) is 150 cm³/mol. The topological polar surface area (TPSA) is 57.7 Å². The van der Waals surface area contributed by atoms with E-state index in [1.165, 1.54) is 12.1 Å². The number of piperazine rings is 1. The number of nitrogens with one attached hydrogen (secondary N) is 1. The number of piperidine rings is 1. The summed E-state index contributed by atoms with van der Waals surface area (Å²) >= 11 is 3.44. The largest absolute Gasteiger partial charge is 0.573 e. The zero-order valence-corrected chi connectivity index (χ0v) is 23.7. The monoisotopic (exact) mass is 612 g/mol. The van der Waals surface area contributed by atoms with E-state index in [0.717, 1.165) is 41.7 Å². The molecule has 4 rings (SSSR count). The maximum Gasteiger partial charge on any atom is 0.573 e. The molecule has 0 bridgehead atoms. The second kappa shape index (κ2) is 13.0. The van der Waals surface area contributed by atoms with E-state index in [4.69, 9.17) is 0 Å². The molecule has 2 atom stereocenters. The van der Waals surface area contributed by atoms with Crippen LogP contribution in [0.1, 0.15) is 64.8 Å². The van der Waals surface area contributed by atoms with E-state index in [1.54, 1.807) is 18.3 Å². The highest BCUT2D eigenvalue weighted by molar-refractivity contribution is 9.10. The normalized spacial score (nSPS) is 20.3. The van der Waals surface area contributed by atoms with Gasteiger partial charge < -0.3 is 15.0 Å². The quantitative estimate of drug-likeness (QED) is 0.408. The number of rotatable bonds is 6. The molecule has 2 aromatic rings. The molecule has 1 aromatic heterocycles. The van der Waals surface area contributed by atoms with Crippen LogP contribution in [0, 0.1) is 11.3 Å². The van der Waals surface area contributed by atoms with Crippen LogP contribution >= 0.6 is 15.9 Å². The highest BCUT2D eigenvalue weighted by Gasteiger charge is 2.41. The Bertz CT molecular complexity index is 1070. The summed E-state index contributed by atoms with van der Waals surface area (Å²) in [6, 6.07) is 9.55. The van der Waals surface area contributed by atoms with Crippen molar-refractivity contribution in [3.05, 3.63) is 58.3 Å². The lowest BCUT2D eigenvalue weighted by Gasteiger charge is -2.49. The van der Waals surface area contributed by atoms with Gasteiger partial charge in [0.05, 0.1) is 11.7 Å². The van der Waals surface area contributed by atoms with Crippen molar-refractivity contribution in [2.75, 3.05) is 32.7 Å². The van der Waals surface area contributed by atoms with E-state index in [9.17, 15) is 18.0 Å². The highest BCUT2D eigenvalue weighted by atomic mass is 79.9. The number of benzene rings is 1. The Morgan fingerprint density at radius 3 is 2.33 bits per heavy atom. The fraction of sp³-hybridized carbons (Fsp3) is 0.586. The van der Waals surface area contributed by atoms with Crippen molar-refractivity contribution in [1.29, 1.82) is 0 Å². The molecule has 39 heavy (non-hydrogen) atoms. The van der Waals surface area contributed by atoms with Gasteiger partial charge >= 0.3 is 6.36 Å². The molecule has 6 nitrogen and oxygen atoms in total. The van der Waals surface area contributed by atoms with Crippen LogP contribution in [0.5, 0.6) is 5.75 Å². The predicted octanol–water partition coefficient (Wildman–Crippen LogP) is 6.42. The molecule has 2 aliphatic rings. The SMILES string of the molecule is C.CC(C)(C)[C@H]1CN(C(c2ccc(OC(F)(F)F)cc2)c2ccc(Br)cn2)CCN1C(=O)CC1CCNCC1. The van der Waals surface area contributed by atoms with Crippen molar-refractivity contribution in [2.24, 2.45) is 11.3 Å². The van der Waals surface area contributed by atoms with Gasteiger partial charge in [0.2, 0.25) is 5.91 Å². The number of pyridine rings is 1. The number of aromatic nitrogens is 1. The van der Waals surface area contributed by atoms with E-state index >= 15 is 0 Å². The lowest BCUT2D eigenvalue weighted by Crippen LogP contribution is -2.60. The van der Waals surface area contributed by atoms with E-state index < -0.39 is 6.36 Å². The first kappa shape index (κ1) is 31.4. The zero-order chi connectivity index (χ0) is 27.5. The van der Waals surface area contributed by atoms with Gasteiger partial charge in [-0.25, -0.2) is 0 Å². The molecular formula is C29H40BrF3N4O2. The van der Waals surface area contributed by atoms with Gasteiger partial charge in [0, 0.05) is 42.8 Å². The van der Waals surface area contributed by atoms with Crippen molar-refractivity contribution >= 4 is 21.8 Å². The summed E-state index contributed by atoms with van der Waals surface area (Å²) in [5.41, 5.74) is 1.45. The van der Waals surface area contributed by atoms with Gasteiger partial charge in [-0.05, 0) is 83.0 Å². The smallest absolute Gasteiger partial charge is 0.406 e. The summed E-state index contributed by atoms with van der Waals surface area (Å²) in [6.07, 6.45) is -0.393. The average molecular weight is 614 g/mol. The number of halogens is 4. The molecule has 0 radical (unpaired) electrons. The van der Waals surface area contributed by atoms with Crippen LogP contribution in [-0.2, 0) is 4.79 Å². The Hall–Kier alpha value is -2.17. The Balaban J connectivity index is 0.00000420. The molecule has 1 aromatic carbocycles. The van der Waals surface area contributed by atoms with Crippen LogP contribution in [0.2, 0.25) is 0 Å². The zero-order valence-electron chi connectivity index (χ0n) is 22.1. The molecule has 0 spiro atoms. The fourth-order valence-corrected chi connectivity index (χ4v) is 5.73. The first-order valence-electron chi connectivity index (χ1n) is 13.1. The van der Waals surface area contributed by atoms with Crippen LogP contribution < -0.4 is 10.1 Å². The molecule has 216 valence electrons. The summed E-state index contributed by atoms with van der Waals surface area (Å²) in [5, 5.41) is 3.36. The van der Waals surface area contributed by atoms with Crippen LogP contribution in [0.4, 0.5) is 13.2 Å². The molecule has 2 saturated heterocycles. The number of nitrogens with zero attached hydrogens (tertiary/aromatic N) is 3. The van der Waals surface area contributed by atoms with E-state index in [-0.39, 0.29) is 36.6 Å². The van der Waals surface area contributed by atoms with Gasteiger partial charge in [0.15, 0.2) is 0 Å². The Labute approximate surface area is 238 Å². The van der Waals surface area contributed by atoms with Crippen LogP contribution in [0.15, 0.2) is 47.1 Å². The Morgan fingerprint density at radius 1 is 1.10 bits per heavy atom. The third-order valence-corrected chi connectivity index (χ3v) is 7.95. The molecule has 1 amide bonds. The minimum atomic E-state index is -4.74. The summed E-state index contributed by atoms with van der Waals surface area (Å²) in [6.45, 7) is 10.2. The lowest BCUT2D eigenvalue weighted by molar-refractivity contribution is -0.274. The number of alkyl halides is 3. The van der Waals surface area contributed by atoms with Gasteiger partial charge in [-0.15, -0.1) is 13.2 Å². The molecule has 0 aliphatic carbocycles. The highest BCUT2D eigenvalue weighted by Crippen LogP contribution is 2.36. The number of ether oxygens (including phenoxy) is 1. The van der Waals surface area contributed by atoms with Crippen LogP contribution in [-0.4, -0.2) is 65.8 Å². The second-order valence-corrected chi connectivity index (χ2v) is 12.2. The maximum absolute atomic E-state index is 13.5. The van der Waals surface area contributed by atoms with Crippen molar-refractivity contribution < 1.29 is 22.7 Å². The molecule has 2 aliphatic heterocycles. The van der Waals surface area contributed by atoms with Gasteiger partial charge in [-0.3, -0.25) is 14.7 Å². The van der Waals surface area contributed by atoms with Crippen molar-refractivity contribution in [2.45, 2.75) is 65.9 Å². The van der Waals surface area contributed by atoms with E-state index in [2.05, 4.69) is 61.5 Å². The van der Waals surface area contributed by atoms with Crippen molar-refractivity contribution in [1.82, 2.24) is 20.1 Å². The molecular weight excluding hydrogens is 573 g/mol. The lowest BCUT2D eigenvalue weighted by atomic mass is 9.82. The number of carbonyl (C=O) groups is 1. The second-order valence-electron chi connectivity index (χ2n) is 11.3. The number of amides is 1. The third-order valence-electron chi connectivity index (χ3n) is 7.48. The average Bonchev–Trinajstić information content (AvgIpc) is 2.85. The van der Waals surface area contributed by atoms with Gasteiger partial charge in [0.25, 0.3) is 0 Å². The summed E-state index contributed by atoms with van der Waals surface area (Å²) in [5.74, 6) is 0.368. The minimum Gasteiger partial charge on any atom is -0.406 e. The van der Waals surface area contributed by atoms with Crippen molar-refractivity contribution in [3.63, 3.8) is 0 Å². The number of hydrogen-bond donors (Lipinski definition) is 1. The van der Waals surface area contributed by atoms with Crippen molar-refractivity contribution in [3.8, 4) is 5.75 Å². The Morgan fingerprint density at radius 2 is 1.77 bits per heavy atom. The molecule has 0 saturated carbocycles. The first-order chi connectivity index (χ1) is 17.9.